The van der Waals surface area contributed by atoms with E-state index in [9.17, 15) is 0 Å². The molecule has 0 fully saturated rings. The Balaban J connectivity index is 1.83. The first-order chi connectivity index (χ1) is 16.3. The molecule has 0 bridgehead atoms. The summed E-state index contributed by atoms with van der Waals surface area (Å²) in [6.45, 7) is 2.17. The third-order valence-corrected chi connectivity index (χ3v) is 5.92. The fourth-order valence-corrected chi connectivity index (χ4v) is 4.15. The molecule has 0 atom stereocenters. The summed E-state index contributed by atoms with van der Waals surface area (Å²) in [5, 5.41) is 0. The molecular weight excluding hydrogens is 404 g/mol. The minimum Gasteiger partial charge on any atom is -0.497 e. The summed E-state index contributed by atoms with van der Waals surface area (Å²) in [5.41, 5.74) is 7.69. The van der Waals surface area contributed by atoms with Gasteiger partial charge in [-0.05, 0) is 36.2 Å². The molecule has 0 N–H and O–H groups in total. The van der Waals surface area contributed by atoms with Crippen LogP contribution in [0.2, 0.25) is 0 Å². The first-order valence-electron chi connectivity index (χ1n) is 11.3. The number of benzene rings is 4. The highest BCUT2D eigenvalue weighted by atomic mass is 16.5. The average molecular weight is 431 g/mol. The molecule has 0 aliphatic carbocycles. The van der Waals surface area contributed by atoms with Gasteiger partial charge in [-0.25, -0.2) is 4.98 Å². The van der Waals surface area contributed by atoms with Gasteiger partial charge < -0.3 is 4.74 Å². The van der Waals surface area contributed by atoms with Gasteiger partial charge in [-0.2, -0.15) is 0 Å². The van der Waals surface area contributed by atoms with Crippen LogP contribution in [0, 0.1) is 0 Å². The summed E-state index contributed by atoms with van der Waals surface area (Å²) < 4.78 is 7.67. The fraction of sp³-hybridized carbons (Fsp3) is 0.100. The summed E-state index contributed by atoms with van der Waals surface area (Å²) in [5.74, 6) is 1.75. The molecule has 0 aliphatic heterocycles. The molecule has 1 aromatic heterocycles. The predicted octanol–water partition coefficient (Wildman–Crippen LogP) is 7.44. The normalized spacial score (nSPS) is 10.8. The van der Waals surface area contributed by atoms with Crippen LogP contribution in [0.5, 0.6) is 5.75 Å². The number of imidazole rings is 1. The fourth-order valence-electron chi connectivity index (χ4n) is 4.15. The molecular formula is C30H26N2O. The van der Waals surface area contributed by atoms with Crippen molar-refractivity contribution in [3.05, 3.63) is 115 Å². The van der Waals surface area contributed by atoms with Gasteiger partial charge >= 0.3 is 0 Å². The van der Waals surface area contributed by atoms with Crippen molar-refractivity contribution >= 4 is 0 Å². The summed E-state index contributed by atoms with van der Waals surface area (Å²) >= 11 is 0. The van der Waals surface area contributed by atoms with E-state index in [2.05, 4.69) is 96.4 Å². The molecule has 0 unspecified atom stereocenters. The molecule has 162 valence electrons. The van der Waals surface area contributed by atoms with Crippen LogP contribution in [-0.4, -0.2) is 16.7 Å². The smallest absolute Gasteiger partial charge is 0.145 e. The Bertz CT molecular complexity index is 1340. The van der Waals surface area contributed by atoms with Crippen molar-refractivity contribution in [2.45, 2.75) is 13.3 Å². The largest absolute Gasteiger partial charge is 0.497 e. The summed E-state index contributed by atoms with van der Waals surface area (Å²) in [7, 11) is 1.69. The van der Waals surface area contributed by atoms with E-state index in [1.807, 2.05) is 24.3 Å². The number of methoxy groups -OCH3 is 1. The summed E-state index contributed by atoms with van der Waals surface area (Å²) in [4.78, 5) is 5.23. The molecule has 0 aliphatic rings. The zero-order valence-electron chi connectivity index (χ0n) is 18.9. The summed E-state index contributed by atoms with van der Waals surface area (Å²) in [6.07, 6.45) is 1.01. The van der Waals surface area contributed by atoms with Crippen molar-refractivity contribution in [2.75, 3.05) is 7.11 Å². The Kier molecular flexibility index (Phi) is 5.77. The van der Waals surface area contributed by atoms with Crippen LogP contribution in [0.4, 0.5) is 0 Å². The molecule has 3 heteroatoms. The van der Waals surface area contributed by atoms with Crippen molar-refractivity contribution in [3.8, 4) is 45.3 Å². The lowest BCUT2D eigenvalue weighted by atomic mass is 10.0. The van der Waals surface area contributed by atoms with Gasteiger partial charge in [0, 0.05) is 22.4 Å². The highest BCUT2D eigenvalue weighted by molar-refractivity contribution is 5.84. The van der Waals surface area contributed by atoms with E-state index in [1.165, 1.54) is 5.56 Å². The molecule has 33 heavy (non-hydrogen) atoms. The van der Waals surface area contributed by atoms with Crippen molar-refractivity contribution in [2.24, 2.45) is 0 Å². The molecule has 0 saturated carbocycles. The molecule has 0 amide bonds. The second kappa shape index (κ2) is 9.17. The van der Waals surface area contributed by atoms with Crippen LogP contribution in [0.1, 0.15) is 12.5 Å². The van der Waals surface area contributed by atoms with Crippen LogP contribution < -0.4 is 4.74 Å². The quantitative estimate of drug-likeness (QED) is 0.280. The number of ether oxygens (including phenoxy) is 1. The molecule has 4 aromatic carbocycles. The number of aromatic nitrogens is 2. The standard InChI is InChI=1S/C30H26N2O/c1-3-22-14-16-25(17-15-22)30-31-28(23-10-6-4-7-11-23)29(24-12-8-5-9-13-24)32(30)26-18-20-27(33-2)21-19-26/h4-21H,3H2,1-2H3. The van der Waals surface area contributed by atoms with Gasteiger partial charge in [0.1, 0.15) is 11.6 Å². The van der Waals surface area contributed by atoms with Crippen molar-refractivity contribution in [1.82, 2.24) is 9.55 Å². The van der Waals surface area contributed by atoms with E-state index < -0.39 is 0 Å². The average Bonchev–Trinajstić information content (AvgIpc) is 3.30. The zero-order chi connectivity index (χ0) is 22.6. The Morgan fingerprint density at radius 1 is 0.667 bits per heavy atom. The van der Waals surface area contributed by atoms with Gasteiger partial charge in [0.05, 0.1) is 18.5 Å². The van der Waals surface area contributed by atoms with Gasteiger partial charge in [0.15, 0.2) is 0 Å². The van der Waals surface area contributed by atoms with Crippen LogP contribution in [0.25, 0.3) is 39.6 Å². The molecule has 1 heterocycles. The SMILES string of the molecule is CCc1ccc(-c2nc(-c3ccccc3)c(-c3ccccc3)n2-c2ccc(OC)cc2)cc1. The van der Waals surface area contributed by atoms with E-state index in [0.29, 0.717) is 0 Å². The van der Waals surface area contributed by atoms with E-state index in [4.69, 9.17) is 9.72 Å². The number of aryl methyl sites for hydroxylation is 1. The lowest BCUT2D eigenvalue weighted by molar-refractivity contribution is 0.415. The third kappa shape index (κ3) is 4.06. The molecule has 0 radical (unpaired) electrons. The summed E-state index contributed by atoms with van der Waals surface area (Å²) in [6, 6.07) is 37.8. The van der Waals surface area contributed by atoms with Gasteiger partial charge in [0.25, 0.3) is 0 Å². The maximum absolute atomic E-state index is 5.41. The number of nitrogens with zero attached hydrogens (tertiary/aromatic N) is 2. The second-order valence-corrected chi connectivity index (χ2v) is 7.95. The topological polar surface area (TPSA) is 27.1 Å². The van der Waals surface area contributed by atoms with Crippen molar-refractivity contribution in [3.63, 3.8) is 0 Å². The molecule has 0 spiro atoms. The zero-order valence-corrected chi connectivity index (χ0v) is 18.9. The minimum atomic E-state index is 0.831. The number of hydrogen-bond donors (Lipinski definition) is 0. The van der Waals surface area contributed by atoms with Gasteiger partial charge in [-0.1, -0.05) is 91.9 Å². The lowest BCUT2D eigenvalue weighted by Crippen LogP contribution is -2.00. The van der Waals surface area contributed by atoms with Crippen LogP contribution in [-0.2, 0) is 6.42 Å². The van der Waals surface area contributed by atoms with Crippen LogP contribution >= 0.6 is 0 Å². The Morgan fingerprint density at radius 3 is 1.85 bits per heavy atom. The van der Waals surface area contributed by atoms with Crippen molar-refractivity contribution < 1.29 is 4.74 Å². The Morgan fingerprint density at radius 2 is 1.27 bits per heavy atom. The molecule has 0 saturated heterocycles. The van der Waals surface area contributed by atoms with E-state index >= 15 is 0 Å². The molecule has 3 nitrogen and oxygen atoms in total. The van der Waals surface area contributed by atoms with Crippen LogP contribution in [0.15, 0.2) is 109 Å². The monoisotopic (exact) mass is 430 g/mol. The van der Waals surface area contributed by atoms with E-state index in [-0.39, 0.29) is 0 Å². The van der Waals surface area contributed by atoms with Crippen LogP contribution in [0.3, 0.4) is 0 Å². The molecule has 5 aromatic rings. The lowest BCUT2D eigenvalue weighted by Gasteiger charge is -2.14. The minimum absolute atomic E-state index is 0.831. The predicted molar refractivity (Wildman–Crippen MR) is 136 cm³/mol. The maximum Gasteiger partial charge on any atom is 0.145 e. The third-order valence-electron chi connectivity index (χ3n) is 5.92. The maximum atomic E-state index is 5.41. The Labute approximate surface area is 195 Å². The van der Waals surface area contributed by atoms with Crippen molar-refractivity contribution in [1.29, 1.82) is 0 Å². The highest BCUT2D eigenvalue weighted by Gasteiger charge is 2.22. The molecule has 5 rings (SSSR count). The Hall–Kier alpha value is -4.11. The van der Waals surface area contributed by atoms with E-state index in [1.54, 1.807) is 7.11 Å². The van der Waals surface area contributed by atoms with E-state index in [0.717, 1.165) is 51.8 Å². The van der Waals surface area contributed by atoms with Gasteiger partial charge in [-0.3, -0.25) is 4.57 Å². The second-order valence-electron chi connectivity index (χ2n) is 7.95. The highest BCUT2D eigenvalue weighted by Crippen LogP contribution is 2.38. The first-order valence-corrected chi connectivity index (χ1v) is 11.3. The van der Waals surface area contributed by atoms with Gasteiger partial charge in [0.2, 0.25) is 0 Å². The first kappa shape index (κ1) is 20.8. The number of rotatable bonds is 6. The van der Waals surface area contributed by atoms with Gasteiger partial charge in [-0.15, -0.1) is 0 Å². The number of hydrogen-bond acceptors (Lipinski definition) is 2.